The molecule has 0 radical (unpaired) electrons. The molecule has 1 aliphatic heterocycles. The van der Waals surface area contributed by atoms with E-state index in [1.54, 1.807) is 18.3 Å². The van der Waals surface area contributed by atoms with Gasteiger partial charge < -0.3 is 9.88 Å². The van der Waals surface area contributed by atoms with E-state index in [-0.39, 0.29) is 10.6 Å². The van der Waals surface area contributed by atoms with E-state index in [4.69, 9.17) is 16.6 Å². The summed E-state index contributed by atoms with van der Waals surface area (Å²) in [5.41, 5.74) is 1.76. The molecule has 3 heterocycles. The standard InChI is InChI=1S/C25H23ClF3N5/c26-18-4-1-5-19(28)23(18)25-32-21-13-31-22(9-7-16-6-8-17(27)11-20(16)29)33-24(21)34(25)14-15-3-2-10-30-12-15/h1,4-6,8,11,13,15,30H,2-3,7,9-10,12,14H2/t15-/m1/s1. The van der Waals surface area contributed by atoms with E-state index in [9.17, 15) is 13.2 Å². The normalized spacial score (nSPS) is 16.3. The van der Waals surface area contributed by atoms with Gasteiger partial charge in [0.05, 0.1) is 16.8 Å². The van der Waals surface area contributed by atoms with Crippen LogP contribution in [0, 0.1) is 23.4 Å². The molecule has 1 fully saturated rings. The monoisotopic (exact) mass is 485 g/mol. The molecule has 5 rings (SSSR count). The zero-order valence-electron chi connectivity index (χ0n) is 18.4. The molecule has 9 heteroatoms. The van der Waals surface area contributed by atoms with Gasteiger partial charge in [0.1, 0.15) is 34.6 Å². The first-order valence-corrected chi connectivity index (χ1v) is 11.7. The summed E-state index contributed by atoms with van der Waals surface area (Å²) in [6.07, 6.45) is 4.40. The molecule has 5 nitrogen and oxygen atoms in total. The number of hydrogen-bond donors (Lipinski definition) is 1. The lowest BCUT2D eigenvalue weighted by Crippen LogP contribution is -2.32. The van der Waals surface area contributed by atoms with E-state index < -0.39 is 17.5 Å². The molecule has 1 aliphatic rings. The van der Waals surface area contributed by atoms with Crippen LogP contribution in [0.3, 0.4) is 0 Å². The zero-order valence-corrected chi connectivity index (χ0v) is 19.1. The third kappa shape index (κ3) is 4.65. The van der Waals surface area contributed by atoms with Crippen LogP contribution in [0.15, 0.2) is 42.6 Å². The molecule has 34 heavy (non-hydrogen) atoms. The highest BCUT2D eigenvalue weighted by molar-refractivity contribution is 6.33. The van der Waals surface area contributed by atoms with Crippen LogP contribution >= 0.6 is 11.6 Å². The number of rotatable bonds is 6. The van der Waals surface area contributed by atoms with Crippen LogP contribution in [-0.4, -0.2) is 32.6 Å². The van der Waals surface area contributed by atoms with Gasteiger partial charge in [-0.05, 0) is 62.0 Å². The lowest BCUT2D eigenvalue weighted by Gasteiger charge is -2.24. The number of aryl methyl sites for hydroxylation is 2. The third-order valence-electron chi connectivity index (χ3n) is 6.20. The van der Waals surface area contributed by atoms with Crippen LogP contribution in [0.5, 0.6) is 0 Å². The van der Waals surface area contributed by atoms with Crippen molar-refractivity contribution < 1.29 is 13.2 Å². The number of piperidine rings is 1. The van der Waals surface area contributed by atoms with Crippen LogP contribution in [0.4, 0.5) is 13.2 Å². The van der Waals surface area contributed by atoms with Crippen molar-refractivity contribution >= 4 is 22.8 Å². The first-order valence-electron chi connectivity index (χ1n) is 11.3. The van der Waals surface area contributed by atoms with Crippen LogP contribution < -0.4 is 5.32 Å². The molecule has 176 valence electrons. The second kappa shape index (κ2) is 9.72. The minimum atomic E-state index is -0.612. The largest absolute Gasteiger partial charge is 0.316 e. The van der Waals surface area contributed by atoms with Crippen molar-refractivity contribution in [2.24, 2.45) is 5.92 Å². The maximum Gasteiger partial charge on any atom is 0.164 e. The Bertz CT molecular complexity index is 1310. The van der Waals surface area contributed by atoms with Crippen LogP contribution in [0.25, 0.3) is 22.6 Å². The fraction of sp³-hybridized carbons (Fsp3) is 0.320. The smallest absolute Gasteiger partial charge is 0.164 e. The fourth-order valence-corrected chi connectivity index (χ4v) is 4.71. The number of nitrogens with one attached hydrogen (secondary N) is 1. The third-order valence-corrected chi connectivity index (χ3v) is 6.51. The fourth-order valence-electron chi connectivity index (χ4n) is 4.46. The Hall–Kier alpha value is -2.97. The quantitative estimate of drug-likeness (QED) is 0.400. The molecule has 0 saturated carbocycles. The Labute approximate surface area is 200 Å². The van der Waals surface area contributed by atoms with Gasteiger partial charge in [-0.1, -0.05) is 23.7 Å². The number of imidazole rings is 1. The van der Waals surface area contributed by atoms with Gasteiger partial charge in [0.2, 0.25) is 0 Å². The summed E-state index contributed by atoms with van der Waals surface area (Å²) in [4.78, 5) is 13.7. The number of halogens is 4. The summed E-state index contributed by atoms with van der Waals surface area (Å²) >= 11 is 6.38. The van der Waals surface area contributed by atoms with Gasteiger partial charge >= 0.3 is 0 Å². The summed E-state index contributed by atoms with van der Waals surface area (Å²) < 4.78 is 44.0. The molecule has 0 unspecified atom stereocenters. The first kappa shape index (κ1) is 22.8. The van der Waals surface area contributed by atoms with E-state index in [0.29, 0.717) is 53.7 Å². The van der Waals surface area contributed by atoms with Gasteiger partial charge in [0, 0.05) is 19.0 Å². The second-order valence-corrected chi connectivity index (χ2v) is 8.99. The highest BCUT2D eigenvalue weighted by atomic mass is 35.5. The average Bonchev–Trinajstić information content (AvgIpc) is 3.16. The van der Waals surface area contributed by atoms with Gasteiger partial charge in [0.15, 0.2) is 5.65 Å². The van der Waals surface area contributed by atoms with Crippen LogP contribution in [0.1, 0.15) is 24.2 Å². The van der Waals surface area contributed by atoms with Crippen molar-refractivity contribution in [3.8, 4) is 11.4 Å². The van der Waals surface area contributed by atoms with Crippen molar-refractivity contribution in [2.45, 2.75) is 32.2 Å². The Balaban J connectivity index is 1.53. The number of fused-ring (bicyclic) bond motifs is 1. The Morgan fingerprint density at radius 1 is 1.06 bits per heavy atom. The molecule has 1 saturated heterocycles. The molecule has 1 atom stereocenters. The van der Waals surface area contributed by atoms with Crippen LogP contribution in [0.2, 0.25) is 5.02 Å². The first-order chi connectivity index (χ1) is 16.5. The molecule has 0 amide bonds. The molecule has 2 aromatic heterocycles. The maximum atomic E-state index is 14.8. The Morgan fingerprint density at radius 3 is 2.71 bits per heavy atom. The highest BCUT2D eigenvalue weighted by Crippen LogP contribution is 2.33. The minimum Gasteiger partial charge on any atom is -0.316 e. The molecule has 2 aromatic carbocycles. The molecule has 1 N–H and O–H groups in total. The summed E-state index contributed by atoms with van der Waals surface area (Å²) in [5.74, 6) is -0.398. The summed E-state index contributed by atoms with van der Waals surface area (Å²) in [6.45, 7) is 2.44. The van der Waals surface area contributed by atoms with Gasteiger partial charge in [-0.25, -0.2) is 28.1 Å². The summed E-state index contributed by atoms with van der Waals surface area (Å²) in [6, 6.07) is 8.10. The number of aromatic nitrogens is 4. The van der Waals surface area contributed by atoms with Crippen molar-refractivity contribution in [2.75, 3.05) is 13.1 Å². The topological polar surface area (TPSA) is 55.6 Å². The molecule has 0 aliphatic carbocycles. The molecule has 4 aromatic rings. The maximum absolute atomic E-state index is 14.8. The van der Waals surface area contributed by atoms with Crippen molar-refractivity contribution in [3.63, 3.8) is 0 Å². The van der Waals surface area contributed by atoms with E-state index in [0.717, 1.165) is 32.0 Å². The number of hydrogen-bond acceptors (Lipinski definition) is 4. The molecule has 0 spiro atoms. The Morgan fingerprint density at radius 2 is 1.94 bits per heavy atom. The second-order valence-electron chi connectivity index (χ2n) is 8.59. The summed E-state index contributed by atoms with van der Waals surface area (Å²) in [7, 11) is 0. The zero-order chi connectivity index (χ0) is 23.7. The predicted octanol–water partition coefficient (Wildman–Crippen LogP) is 5.35. The van der Waals surface area contributed by atoms with E-state index in [1.807, 2.05) is 4.57 Å². The lowest BCUT2D eigenvalue weighted by atomic mass is 9.99. The van der Waals surface area contributed by atoms with Gasteiger partial charge in [-0.2, -0.15) is 0 Å². The Kier molecular flexibility index (Phi) is 6.52. The van der Waals surface area contributed by atoms with Crippen molar-refractivity contribution in [3.05, 3.63) is 76.5 Å². The average molecular weight is 486 g/mol. The van der Waals surface area contributed by atoms with E-state index >= 15 is 0 Å². The number of nitrogens with zero attached hydrogens (tertiary/aromatic N) is 4. The van der Waals surface area contributed by atoms with Gasteiger partial charge in [0.25, 0.3) is 0 Å². The molecular formula is C25H23ClF3N5. The minimum absolute atomic E-state index is 0.237. The van der Waals surface area contributed by atoms with Gasteiger partial charge in [-0.15, -0.1) is 0 Å². The molecule has 0 bridgehead atoms. The SMILES string of the molecule is Fc1ccc(CCc2ncc3nc(-c4c(F)cccc4Cl)n(C[C@@H]4CCCNC4)c3n2)c(F)c1. The van der Waals surface area contributed by atoms with Gasteiger partial charge in [-0.3, -0.25) is 0 Å². The van der Waals surface area contributed by atoms with E-state index in [2.05, 4.69) is 15.3 Å². The lowest BCUT2D eigenvalue weighted by molar-refractivity contribution is 0.340. The molecular weight excluding hydrogens is 463 g/mol. The van der Waals surface area contributed by atoms with Crippen molar-refractivity contribution in [1.82, 2.24) is 24.8 Å². The van der Waals surface area contributed by atoms with E-state index in [1.165, 1.54) is 18.2 Å². The number of benzene rings is 2. The predicted molar refractivity (Wildman–Crippen MR) is 125 cm³/mol. The van der Waals surface area contributed by atoms with Crippen molar-refractivity contribution in [1.29, 1.82) is 0 Å². The highest BCUT2D eigenvalue weighted by Gasteiger charge is 2.23. The van der Waals surface area contributed by atoms with Crippen LogP contribution in [-0.2, 0) is 19.4 Å². The summed E-state index contributed by atoms with van der Waals surface area (Å²) in [5, 5.41) is 3.68.